The normalized spacial score (nSPS) is 26.1. The van der Waals surface area contributed by atoms with Crippen molar-refractivity contribution >= 4 is 12.0 Å². The number of amides is 2. The van der Waals surface area contributed by atoms with Gasteiger partial charge < -0.3 is 15.4 Å². The molecular formula is C21H36N4O3. The molecule has 0 radical (unpaired) electrons. The Morgan fingerprint density at radius 2 is 1.93 bits per heavy atom. The van der Waals surface area contributed by atoms with Gasteiger partial charge in [0.25, 0.3) is 0 Å². The number of nitrogens with one attached hydrogen (secondary N) is 2. The SMILES string of the molecule is C[C@@H]1C[C@H](CNC(=O)OC(C)(C)C)CN1[C@H](C)C(=O)NC1(C#N)CCCCC1. The molecular weight excluding hydrogens is 356 g/mol. The molecule has 1 saturated carbocycles. The molecule has 1 saturated heterocycles. The summed E-state index contributed by atoms with van der Waals surface area (Å²) in [4.78, 5) is 26.9. The van der Waals surface area contributed by atoms with E-state index in [1.54, 1.807) is 0 Å². The molecule has 1 aliphatic heterocycles. The summed E-state index contributed by atoms with van der Waals surface area (Å²) in [5, 5.41) is 15.5. The average molecular weight is 393 g/mol. The lowest BCUT2D eigenvalue weighted by Gasteiger charge is -2.35. The van der Waals surface area contributed by atoms with Gasteiger partial charge >= 0.3 is 6.09 Å². The van der Waals surface area contributed by atoms with Gasteiger partial charge in [-0.1, -0.05) is 19.3 Å². The minimum absolute atomic E-state index is 0.0731. The summed E-state index contributed by atoms with van der Waals surface area (Å²) in [6, 6.07) is 2.30. The lowest BCUT2D eigenvalue weighted by Crippen LogP contribution is -2.55. The summed E-state index contributed by atoms with van der Waals surface area (Å²) in [5.74, 6) is 0.202. The summed E-state index contributed by atoms with van der Waals surface area (Å²) in [7, 11) is 0. The van der Waals surface area contributed by atoms with Crippen molar-refractivity contribution in [1.29, 1.82) is 5.26 Å². The summed E-state index contributed by atoms with van der Waals surface area (Å²) >= 11 is 0. The lowest BCUT2D eigenvalue weighted by atomic mass is 9.82. The highest BCUT2D eigenvalue weighted by Gasteiger charge is 2.39. The summed E-state index contributed by atoms with van der Waals surface area (Å²) < 4.78 is 5.29. The van der Waals surface area contributed by atoms with E-state index in [9.17, 15) is 14.9 Å². The molecule has 1 heterocycles. The first-order valence-corrected chi connectivity index (χ1v) is 10.5. The van der Waals surface area contributed by atoms with E-state index < -0.39 is 17.2 Å². The number of hydrogen-bond acceptors (Lipinski definition) is 5. The molecule has 1 aliphatic carbocycles. The van der Waals surface area contributed by atoms with E-state index in [1.807, 2.05) is 27.7 Å². The molecule has 28 heavy (non-hydrogen) atoms. The van der Waals surface area contributed by atoms with E-state index in [2.05, 4.69) is 28.5 Å². The van der Waals surface area contributed by atoms with Crippen LogP contribution in [0.3, 0.4) is 0 Å². The molecule has 2 aliphatic rings. The zero-order valence-corrected chi connectivity index (χ0v) is 18.0. The van der Waals surface area contributed by atoms with Crippen LogP contribution in [-0.2, 0) is 9.53 Å². The topological polar surface area (TPSA) is 94.5 Å². The second kappa shape index (κ2) is 9.13. The fourth-order valence-corrected chi connectivity index (χ4v) is 4.31. The van der Waals surface area contributed by atoms with Crippen LogP contribution in [-0.4, -0.2) is 53.2 Å². The average Bonchev–Trinajstić information content (AvgIpc) is 2.99. The third-order valence-corrected chi connectivity index (χ3v) is 5.80. The van der Waals surface area contributed by atoms with Gasteiger partial charge in [0.05, 0.1) is 12.1 Å². The van der Waals surface area contributed by atoms with Crippen LogP contribution < -0.4 is 10.6 Å². The van der Waals surface area contributed by atoms with Gasteiger partial charge in [-0.2, -0.15) is 5.26 Å². The van der Waals surface area contributed by atoms with Crippen molar-refractivity contribution in [2.75, 3.05) is 13.1 Å². The molecule has 2 fully saturated rings. The number of nitriles is 1. The highest BCUT2D eigenvalue weighted by molar-refractivity contribution is 5.82. The Hall–Kier alpha value is -1.81. The van der Waals surface area contributed by atoms with Gasteiger partial charge in [0.1, 0.15) is 11.1 Å². The van der Waals surface area contributed by atoms with Crippen molar-refractivity contribution < 1.29 is 14.3 Å². The second-order valence-corrected chi connectivity index (χ2v) is 9.45. The molecule has 0 aromatic heterocycles. The number of hydrogen-bond donors (Lipinski definition) is 2. The number of nitrogens with zero attached hydrogens (tertiary/aromatic N) is 2. The molecule has 3 atom stereocenters. The molecule has 158 valence electrons. The number of carbonyl (C=O) groups is 2. The molecule has 0 bridgehead atoms. The van der Waals surface area contributed by atoms with Crippen molar-refractivity contribution in [3.05, 3.63) is 0 Å². The fourth-order valence-electron chi connectivity index (χ4n) is 4.31. The zero-order valence-electron chi connectivity index (χ0n) is 18.0. The number of alkyl carbamates (subject to hydrolysis) is 1. The van der Waals surface area contributed by atoms with E-state index in [4.69, 9.17) is 4.74 Å². The van der Waals surface area contributed by atoms with Crippen LogP contribution in [0.5, 0.6) is 0 Å². The molecule has 0 spiro atoms. The molecule has 0 aromatic rings. The predicted octanol–water partition coefficient (Wildman–Crippen LogP) is 2.95. The smallest absolute Gasteiger partial charge is 0.407 e. The van der Waals surface area contributed by atoms with Crippen molar-refractivity contribution in [3.63, 3.8) is 0 Å². The minimum atomic E-state index is -0.704. The van der Waals surface area contributed by atoms with Crippen LogP contribution in [0.15, 0.2) is 0 Å². The second-order valence-electron chi connectivity index (χ2n) is 9.45. The third-order valence-electron chi connectivity index (χ3n) is 5.80. The Kier molecular flexibility index (Phi) is 7.33. The van der Waals surface area contributed by atoms with Crippen molar-refractivity contribution in [2.24, 2.45) is 5.92 Å². The first kappa shape index (κ1) is 22.5. The highest BCUT2D eigenvalue weighted by Crippen LogP contribution is 2.29. The largest absolute Gasteiger partial charge is 0.444 e. The summed E-state index contributed by atoms with van der Waals surface area (Å²) in [6.07, 6.45) is 5.08. The van der Waals surface area contributed by atoms with E-state index in [-0.39, 0.29) is 23.9 Å². The van der Waals surface area contributed by atoms with E-state index in [0.29, 0.717) is 6.54 Å². The predicted molar refractivity (Wildman–Crippen MR) is 108 cm³/mol. The van der Waals surface area contributed by atoms with Crippen LogP contribution in [0, 0.1) is 17.2 Å². The maximum absolute atomic E-state index is 12.8. The zero-order chi connectivity index (χ0) is 20.9. The lowest BCUT2D eigenvalue weighted by molar-refractivity contribution is -0.127. The van der Waals surface area contributed by atoms with Gasteiger partial charge in [0.2, 0.25) is 5.91 Å². The molecule has 2 N–H and O–H groups in total. The third kappa shape index (κ3) is 6.10. The van der Waals surface area contributed by atoms with Gasteiger partial charge in [-0.15, -0.1) is 0 Å². The molecule has 7 heteroatoms. The Balaban J connectivity index is 1.86. The Morgan fingerprint density at radius 1 is 1.29 bits per heavy atom. The number of ether oxygens (including phenoxy) is 1. The maximum atomic E-state index is 12.8. The highest BCUT2D eigenvalue weighted by atomic mass is 16.6. The quantitative estimate of drug-likeness (QED) is 0.750. The minimum Gasteiger partial charge on any atom is -0.444 e. The van der Waals surface area contributed by atoms with Crippen molar-refractivity contribution in [2.45, 2.75) is 96.4 Å². The van der Waals surface area contributed by atoms with Gasteiger partial charge in [-0.05, 0) is 59.8 Å². The molecule has 0 aromatic carbocycles. The monoisotopic (exact) mass is 392 g/mol. The maximum Gasteiger partial charge on any atom is 0.407 e. The Morgan fingerprint density at radius 3 is 2.50 bits per heavy atom. The van der Waals surface area contributed by atoms with Crippen LogP contribution in [0.1, 0.15) is 73.1 Å². The van der Waals surface area contributed by atoms with Gasteiger partial charge in [0.15, 0.2) is 0 Å². The van der Waals surface area contributed by atoms with Gasteiger partial charge in [-0.3, -0.25) is 9.69 Å². The van der Waals surface area contributed by atoms with Crippen molar-refractivity contribution in [1.82, 2.24) is 15.5 Å². The van der Waals surface area contributed by atoms with E-state index >= 15 is 0 Å². The van der Waals surface area contributed by atoms with E-state index in [0.717, 1.165) is 45.1 Å². The summed E-state index contributed by atoms with van der Waals surface area (Å²) in [6.45, 7) is 10.8. The molecule has 0 unspecified atom stereocenters. The fraction of sp³-hybridized carbons (Fsp3) is 0.857. The Bertz CT molecular complexity index is 602. The molecule has 2 rings (SSSR count). The van der Waals surface area contributed by atoms with Crippen LogP contribution in [0.2, 0.25) is 0 Å². The van der Waals surface area contributed by atoms with Crippen molar-refractivity contribution in [3.8, 4) is 6.07 Å². The van der Waals surface area contributed by atoms with Gasteiger partial charge in [0, 0.05) is 19.1 Å². The number of likely N-dealkylation sites (tertiary alicyclic amines) is 1. The standard InChI is InChI=1S/C21H36N4O3/c1-15-11-17(12-23-19(27)28-20(3,4)5)13-25(15)16(2)18(26)24-21(14-22)9-7-6-8-10-21/h15-17H,6-13H2,1-5H3,(H,23,27)(H,24,26)/t15-,16-,17-/m1/s1. The van der Waals surface area contributed by atoms with E-state index in [1.165, 1.54) is 0 Å². The molecule has 2 amide bonds. The Labute approximate surface area is 169 Å². The van der Waals surface area contributed by atoms with Crippen LogP contribution >= 0.6 is 0 Å². The number of carbonyl (C=O) groups excluding carboxylic acids is 2. The first-order valence-electron chi connectivity index (χ1n) is 10.5. The number of rotatable bonds is 5. The first-order chi connectivity index (χ1) is 13.1. The van der Waals surface area contributed by atoms with Crippen LogP contribution in [0.25, 0.3) is 0 Å². The summed E-state index contributed by atoms with van der Waals surface area (Å²) in [5.41, 5.74) is -1.22. The van der Waals surface area contributed by atoms with Crippen LogP contribution in [0.4, 0.5) is 4.79 Å². The molecule has 7 nitrogen and oxygen atoms in total. The van der Waals surface area contributed by atoms with Gasteiger partial charge in [-0.25, -0.2) is 4.79 Å².